The standard InChI is InChI=1S/C17H35N3/c1-4-9-19-11-7-17(8-12-19)20-10-5-6-16(14-20)13-18-15(2)3/h15-18H,4-14H2,1-3H3. The molecule has 2 heterocycles. The van der Waals surface area contributed by atoms with Gasteiger partial charge in [0.05, 0.1) is 0 Å². The van der Waals surface area contributed by atoms with Crippen LogP contribution in [-0.4, -0.2) is 61.2 Å². The number of hydrogen-bond donors (Lipinski definition) is 1. The summed E-state index contributed by atoms with van der Waals surface area (Å²) in [6.45, 7) is 14.6. The first-order chi connectivity index (χ1) is 9.69. The van der Waals surface area contributed by atoms with Gasteiger partial charge in [-0.25, -0.2) is 0 Å². The largest absolute Gasteiger partial charge is 0.314 e. The molecule has 0 spiro atoms. The van der Waals surface area contributed by atoms with Crippen molar-refractivity contribution in [3.8, 4) is 0 Å². The minimum atomic E-state index is 0.627. The van der Waals surface area contributed by atoms with Crippen LogP contribution in [0.5, 0.6) is 0 Å². The van der Waals surface area contributed by atoms with Gasteiger partial charge in [0, 0.05) is 18.6 Å². The maximum absolute atomic E-state index is 3.63. The number of nitrogens with zero attached hydrogens (tertiary/aromatic N) is 2. The van der Waals surface area contributed by atoms with E-state index in [4.69, 9.17) is 0 Å². The quantitative estimate of drug-likeness (QED) is 0.807. The third-order valence-electron chi connectivity index (χ3n) is 4.98. The summed E-state index contributed by atoms with van der Waals surface area (Å²) in [4.78, 5) is 5.46. The van der Waals surface area contributed by atoms with E-state index in [2.05, 4.69) is 35.9 Å². The Morgan fingerprint density at radius 1 is 1.10 bits per heavy atom. The van der Waals surface area contributed by atoms with Gasteiger partial charge >= 0.3 is 0 Å². The Morgan fingerprint density at radius 3 is 2.50 bits per heavy atom. The minimum absolute atomic E-state index is 0.627. The summed E-state index contributed by atoms with van der Waals surface area (Å²) in [6.07, 6.45) is 6.91. The molecule has 2 rings (SSSR count). The van der Waals surface area contributed by atoms with Gasteiger partial charge in [-0.1, -0.05) is 20.8 Å². The SMILES string of the molecule is CCCN1CCC(N2CCCC(CNC(C)C)C2)CC1. The van der Waals surface area contributed by atoms with Gasteiger partial charge in [0.15, 0.2) is 0 Å². The molecular weight excluding hydrogens is 246 g/mol. The van der Waals surface area contributed by atoms with Crippen LogP contribution < -0.4 is 5.32 Å². The maximum Gasteiger partial charge on any atom is 0.0120 e. The van der Waals surface area contributed by atoms with E-state index in [0.29, 0.717) is 6.04 Å². The summed E-state index contributed by atoms with van der Waals surface area (Å²) in [5.74, 6) is 0.875. The van der Waals surface area contributed by atoms with E-state index in [0.717, 1.165) is 12.0 Å². The van der Waals surface area contributed by atoms with Crippen LogP contribution in [0.2, 0.25) is 0 Å². The van der Waals surface area contributed by atoms with E-state index in [-0.39, 0.29) is 0 Å². The molecule has 1 unspecified atom stereocenters. The zero-order valence-electron chi connectivity index (χ0n) is 13.9. The zero-order chi connectivity index (χ0) is 14.4. The average molecular weight is 281 g/mol. The molecule has 0 saturated carbocycles. The van der Waals surface area contributed by atoms with Gasteiger partial charge in [0.25, 0.3) is 0 Å². The highest BCUT2D eigenvalue weighted by Crippen LogP contribution is 2.23. The average Bonchev–Trinajstić information content (AvgIpc) is 2.47. The van der Waals surface area contributed by atoms with E-state index in [1.807, 2.05) is 0 Å². The Kier molecular flexibility index (Phi) is 6.79. The first-order valence-electron chi connectivity index (χ1n) is 8.88. The van der Waals surface area contributed by atoms with Crippen molar-refractivity contribution >= 4 is 0 Å². The summed E-state index contributed by atoms with van der Waals surface area (Å²) in [5.41, 5.74) is 0. The molecule has 0 aromatic rings. The van der Waals surface area contributed by atoms with E-state index in [9.17, 15) is 0 Å². The second kappa shape index (κ2) is 8.35. The molecule has 0 aromatic heterocycles. The molecule has 2 fully saturated rings. The van der Waals surface area contributed by atoms with Crippen LogP contribution in [0.1, 0.15) is 52.9 Å². The van der Waals surface area contributed by atoms with Crippen LogP contribution in [0.3, 0.4) is 0 Å². The van der Waals surface area contributed by atoms with Gasteiger partial charge in [-0.05, 0) is 70.7 Å². The van der Waals surface area contributed by atoms with Crippen molar-refractivity contribution in [3.63, 3.8) is 0 Å². The fraction of sp³-hybridized carbons (Fsp3) is 1.00. The van der Waals surface area contributed by atoms with E-state index in [1.54, 1.807) is 0 Å². The summed E-state index contributed by atoms with van der Waals surface area (Å²) in [5, 5.41) is 3.63. The predicted octanol–water partition coefficient (Wildman–Crippen LogP) is 2.57. The minimum Gasteiger partial charge on any atom is -0.314 e. The van der Waals surface area contributed by atoms with Gasteiger partial charge in [-0.2, -0.15) is 0 Å². The van der Waals surface area contributed by atoms with Crippen molar-refractivity contribution in [1.82, 2.24) is 15.1 Å². The molecule has 3 nitrogen and oxygen atoms in total. The highest BCUT2D eigenvalue weighted by atomic mass is 15.2. The smallest absolute Gasteiger partial charge is 0.0120 e. The van der Waals surface area contributed by atoms with E-state index >= 15 is 0 Å². The number of hydrogen-bond acceptors (Lipinski definition) is 3. The summed E-state index contributed by atoms with van der Waals surface area (Å²) in [7, 11) is 0. The monoisotopic (exact) mass is 281 g/mol. The van der Waals surface area contributed by atoms with Crippen molar-refractivity contribution in [2.24, 2.45) is 5.92 Å². The molecule has 20 heavy (non-hydrogen) atoms. The molecule has 2 aliphatic rings. The summed E-state index contributed by atoms with van der Waals surface area (Å²) < 4.78 is 0. The first kappa shape index (κ1) is 16.3. The second-order valence-corrected chi connectivity index (χ2v) is 7.14. The van der Waals surface area contributed by atoms with Crippen LogP contribution in [0.4, 0.5) is 0 Å². The fourth-order valence-corrected chi connectivity index (χ4v) is 3.82. The summed E-state index contributed by atoms with van der Waals surface area (Å²) >= 11 is 0. The Hall–Kier alpha value is -0.120. The Balaban J connectivity index is 1.72. The van der Waals surface area contributed by atoms with Crippen LogP contribution in [0, 0.1) is 5.92 Å². The number of nitrogens with one attached hydrogen (secondary N) is 1. The van der Waals surface area contributed by atoms with Crippen molar-refractivity contribution in [1.29, 1.82) is 0 Å². The molecule has 118 valence electrons. The van der Waals surface area contributed by atoms with Crippen molar-refractivity contribution < 1.29 is 0 Å². The van der Waals surface area contributed by atoms with Crippen molar-refractivity contribution in [2.45, 2.75) is 65.0 Å². The lowest BCUT2D eigenvalue weighted by molar-refractivity contribution is 0.0710. The number of piperidine rings is 2. The summed E-state index contributed by atoms with van der Waals surface area (Å²) in [6, 6.07) is 1.49. The maximum atomic E-state index is 3.63. The molecule has 1 atom stereocenters. The van der Waals surface area contributed by atoms with Crippen molar-refractivity contribution in [3.05, 3.63) is 0 Å². The number of rotatable bonds is 6. The number of likely N-dealkylation sites (tertiary alicyclic amines) is 2. The Bertz CT molecular complexity index is 259. The third kappa shape index (κ3) is 5.01. The van der Waals surface area contributed by atoms with Gasteiger partial charge < -0.3 is 10.2 Å². The molecular formula is C17H35N3. The van der Waals surface area contributed by atoms with Gasteiger partial charge in [0.1, 0.15) is 0 Å². The third-order valence-corrected chi connectivity index (χ3v) is 4.98. The highest BCUT2D eigenvalue weighted by molar-refractivity contribution is 4.84. The van der Waals surface area contributed by atoms with Crippen LogP contribution >= 0.6 is 0 Å². The molecule has 0 aliphatic carbocycles. The molecule has 0 aromatic carbocycles. The molecule has 2 aliphatic heterocycles. The first-order valence-corrected chi connectivity index (χ1v) is 8.88. The lowest BCUT2D eigenvalue weighted by Crippen LogP contribution is -2.50. The molecule has 0 amide bonds. The lowest BCUT2D eigenvalue weighted by atomic mass is 9.93. The van der Waals surface area contributed by atoms with Crippen LogP contribution in [-0.2, 0) is 0 Å². The lowest BCUT2D eigenvalue weighted by Gasteiger charge is -2.42. The van der Waals surface area contributed by atoms with Crippen molar-refractivity contribution in [2.75, 3.05) is 39.3 Å². The molecule has 2 saturated heterocycles. The van der Waals surface area contributed by atoms with E-state index in [1.165, 1.54) is 71.4 Å². The van der Waals surface area contributed by atoms with Gasteiger partial charge in [-0.3, -0.25) is 4.90 Å². The Labute approximate surface area is 126 Å². The zero-order valence-corrected chi connectivity index (χ0v) is 13.9. The Morgan fingerprint density at radius 2 is 1.85 bits per heavy atom. The topological polar surface area (TPSA) is 18.5 Å². The molecule has 1 N–H and O–H groups in total. The predicted molar refractivity (Wildman–Crippen MR) is 87.2 cm³/mol. The molecule has 0 radical (unpaired) electrons. The molecule has 3 heteroatoms. The van der Waals surface area contributed by atoms with Crippen LogP contribution in [0.25, 0.3) is 0 Å². The normalized spacial score (nSPS) is 27.3. The van der Waals surface area contributed by atoms with E-state index < -0.39 is 0 Å². The second-order valence-electron chi connectivity index (χ2n) is 7.14. The highest BCUT2D eigenvalue weighted by Gasteiger charge is 2.28. The van der Waals surface area contributed by atoms with Gasteiger partial charge in [0.2, 0.25) is 0 Å². The molecule has 0 bridgehead atoms. The van der Waals surface area contributed by atoms with Crippen LogP contribution in [0.15, 0.2) is 0 Å². The van der Waals surface area contributed by atoms with Gasteiger partial charge in [-0.15, -0.1) is 0 Å². The fourth-order valence-electron chi connectivity index (χ4n) is 3.82.